The Morgan fingerprint density at radius 1 is 0.897 bits per heavy atom. The Hall–Kier alpha value is -3.36. The molecule has 0 aromatic heterocycles. The first-order chi connectivity index (χ1) is 18.6. The molecule has 0 heterocycles. The van der Waals surface area contributed by atoms with E-state index in [-0.39, 0.29) is 23.4 Å². The number of nitrogens with zero attached hydrogens (tertiary/aromatic N) is 2. The fourth-order valence-corrected chi connectivity index (χ4v) is 5.65. The van der Waals surface area contributed by atoms with Crippen molar-refractivity contribution in [2.24, 2.45) is 0 Å². The highest BCUT2D eigenvalue weighted by molar-refractivity contribution is 7.92. The van der Waals surface area contributed by atoms with E-state index in [2.05, 4.69) is 5.32 Å². The summed E-state index contributed by atoms with van der Waals surface area (Å²) in [6.07, 6.45) is 1.12. The van der Waals surface area contributed by atoms with Gasteiger partial charge in [0, 0.05) is 17.6 Å². The number of carbonyl (C=O) groups is 2. The van der Waals surface area contributed by atoms with Gasteiger partial charge in [-0.05, 0) is 68.7 Å². The third-order valence-electron chi connectivity index (χ3n) is 6.59. The molecule has 0 aliphatic carbocycles. The summed E-state index contributed by atoms with van der Waals surface area (Å²) in [4.78, 5) is 28.8. The van der Waals surface area contributed by atoms with Crippen molar-refractivity contribution >= 4 is 39.1 Å². The highest BCUT2D eigenvalue weighted by Crippen LogP contribution is 2.26. The minimum absolute atomic E-state index is 0.0106. The Kier molecular flexibility index (Phi) is 10.5. The van der Waals surface area contributed by atoms with Crippen molar-refractivity contribution < 1.29 is 18.0 Å². The summed E-state index contributed by atoms with van der Waals surface area (Å²) in [7, 11) is -4.13. The Balaban J connectivity index is 2.04. The maximum Gasteiger partial charge on any atom is 0.264 e. The van der Waals surface area contributed by atoms with Gasteiger partial charge in [0.2, 0.25) is 11.8 Å². The second-order valence-corrected chi connectivity index (χ2v) is 11.8. The minimum Gasteiger partial charge on any atom is -0.352 e. The molecule has 39 heavy (non-hydrogen) atoms. The van der Waals surface area contributed by atoms with Crippen LogP contribution in [-0.2, 0) is 26.2 Å². The third kappa shape index (κ3) is 7.83. The molecule has 7 nitrogen and oxygen atoms in total. The van der Waals surface area contributed by atoms with Crippen LogP contribution in [0.2, 0.25) is 5.02 Å². The smallest absolute Gasteiger partial charge is 0.264 e. The number of rotatable bonds is 12. The van der Waals surface area contributed by atoms with Crippen LogP contribution in [0.3, 0.4) is 0 Å². The van der Waals surface area contributed by atoms with Gasteiger partial charge in [0.1, 0.15) is 12.6 Å². The number of carbonyl (C=O) groups excluding carboxylic acids is 2. The van der Waals surface area contributed by atoms with E-state index in [4.69, 9.17) is 11.6 Å². The normalized spacial score (nSPS) is 12.8. The monoisotopic (exact) mass is 569 g/mol. The molecule has 3 aromatic rings. The van der Waals surface area contributed by atoms with E-state index in [0.29, 0.717) is 17.1 Å². The average Bonchev–Trinajstić information content (AvgIpc) is 2.92. The van der Waals surface area contributed by atoms with Crippen LogP contribution < -0.4 is 9.62 Å². The first-order valence-electron chi connectivity index (χ1n) is 13.1. The third-order valence-corrected chi connectivity index (χ3v) is 8.63. The predicted octanol–water partition coefficient (Wildman–Crippen LogP) is 5.57. The molecule has 3 aromatic carbocycles. The lowest BCUT2D eigenvalue weighted by molar-refractivity contribution is -0.140. The van der Waals surface area contributed by atoms with E-state index in [9.17, 15) is 18.0 Å². The molecular formula is C30H36ClN3O4S. The average molecular weight is 570 g/mol. The van der Waals surface area contributed by atoms with Crippen molar-refractivity contribution in [3.8, 4) is 0 Å². The van der Waals surface area contributed by atoms with Gasteiger partial charge >= 0.3 is 0 Å². The molecule has 1 N–H and O–H groups in total. The number of benzene rings is 3. The quantitative estimate of drug-likeness (QED) is 0.309. The van der Waals surface area contributed by atoms with E-state index in [1.807, 2.05) is 58.0 Å². The van der Waals surface area contributed by atoms with Crippen LogP contribution in [0.4, 0.5) is 5.69 Å². The van der Waals surface area contributed by atoms with E-state index in [0.717, 1.165) is 21.9 Å². The van der Waals surface area contributed by atoms with Crippen molar-refractivity contribution in [1.29, 1.82) is 0 Å². The summed E-state index contributed by atoms with van der Waals surface area (Å²) < 4.78 is 28.8. The van der Waals surface area contributed by atoms with Crippen LogP contribution in [0.1, 0.15) is 44.7 Å². The number of hydrogen-bond donors (Lipinski definition) is 1. The van der Waals surface area contributed by atoms with Gasteiger partial charge in [-0.2, -0.15) is 0 Å². The van der Waals surface area contributed by atoms with Gasteiger partial charge in [0.25, 0.3) is 10.0 Å². The van der Waals surface area contributed by atoms with Crippen molar-refractivity contribution in [3.05, 3.63) is 95.0 Å². The van der Waals surface area contributed by atoms with Crippen LogP contribution in [0.25, 0.3) is 0 Å². The molecule has 2 amide bonds. The van der Waals surface area contributed by atoms with E-state index < -0.39 is 28.5 Å². The van der Waals surface area contributed by atoms with Crippen molar-refractivity contribution in [2.75, 3.05) is 10.8 Å². The molecule has 0 radical (unpaired) electrons. The van der Waals surface area contributed by atoms with Crippen molar-refractivity contribution in [3.63, 3.8) is 0 Å². The van der Waals surface area contributed by atoms with E-state index >= 15 is 0 Å². The van der Waals surface area contributed by atoms with E-state index in [1.165, 1.54) is 29.2 Å². The maximum atomic E-state index is 14.0. The summed E-state index contributed by atoms with van der Waals surface area (Å²) in [5, 5.41) is 3.38. The fourth-order valence-electron chi connectivity index (χ4n) is 4.11. The van der Waals surface area contributed by atoms with Gasteiger partial charge in [-0.3, -0.25) is 13.9 Å². The van der Waals surface area contributed by atoms with Crippen LogP contribution in [0, 0.1) is 6.92 Å². The number of amides is 2. The standard InChI is InChI=1S/C30H36ClN3O4S/c1-5-23(4)32-30(36)28(6-2)33(20-24-10-8-7-9-11-24)29(35)21-34(26-16-12-22(3)13-17-26)39(37,38)27-18-14-25(31)15-19-27/h7-19,23,28H,5-6,20-21H2,1-4H3,(H,32,36)/t23-,28+/m1/s1. The lowest BCUT2D eigenvalue weighted by atomic mass is 10.1. The number of sulfonamides is 1. The first-order valence-corrected chi connectivity index (χ1v) is 14.9. The second-order valence-electron chi connectivity index (χ2n) is 9.55. The molecule has 0 spiro atoms. The molecule has 0 bridgehead atoms. The largest absolute Gasteiger partial charge is 0.352 e. The zero-order valence-electron chi connectivity index (χ0n) is 22.8. The molecule has 0 saturated carbocycles. The topological polar surface area (TPSA) is 86.8 Å². The number of halogens is 1. The Bertz CT molecular complexity index is 1350. The van der Waals surface area contributed by atoms with Gasteiger partial charge in [0.05, 0.1) is 10.6 Å². The van der Waals surface area contributed by atoms with Crippen LogP contribution in [-0.4, -0.2) is 43.8 Å². The summed E-state index contributed by atoms with van der Waals surface area (Å²) in [6.45, 7) is 7.30. The Labute approximate surface area is 236 Å². The van der Waals surface area contributed by atoms with Gasteiger partial charge < -0.3 is 10.2 Å². The van der Waals surface area contributed by atoms with Crippen LogP contribution in [0.5, 0.6) is 0 Å². The lowest BCUT2D eigenvalue weighted by Crippen LogP contribution is -2.53. The zero-order valence-corrected chi connectivity index (χ0v) is 24.4. The van der Waals surface area contributed by atoms with Crippen LogP contribution >= 0.6 is 11.6 Å². The van der Waals surface area contributed by atoms with Gasteiger partial charge in [-0.15, -0.1) is 0 Å². The number of anilines is 1. The second kappa shape index (κ2) is 13.6. The summed E-state index contributed by atoms with van der Waals surface area (Å²) >= 11 is 6.00. The zero-order chi connectivity index (χ0) is 28.6. The molecule has 9 heteroatoms. The number of nitrogens with one attached hydrogen (secondary N) is 1. The van der Waals surface area contributed by atoms with Crippen LogP contribution in [0.15, 0.2) is 83.8 Å². The molecule has 3 rings (SSSR count). The number of aryl methyl sites for hydroxylation is 1. The Morgan fingerprint density at radius 2 is 1.51 bits per heavy atom. The highest BCUT2D eigenvalue weighted by Gasteiger charge is 2.34. The SMILES string of the molecule is CC[C@@H](C)NC(=O)[C@H](CC)N(Cc1ccccc1)C(=O)CN(c1ccc(C)cc1)S(=O)(=O)c1ccc(Cl)cc1. The van der Waals surface area contributed by atoms with Gasteiger partial charge in [-0.25, -0.2) is 8.42 Å². The molecule has 208 valence electrons. The maximum absolute atomic E-state index is 14.0. The molecular weight excluding hydrogens is 534 g/mol. The minimum atomic E-state index is -4.13. The fraction of sp³-hybridized carbons (Fsp3) is 0.333. The Morgan fingerprint density at radius 3 is 2.08 bits per heavy atom. The molecule has 0 aliphatic heterocycles. The van der Waals surface area contributed by atoms with Crippen molar-refractivity contribution in [2.45, 2.75) is 64.1 Å². The predicted molar refractivity (Wildman–Crippen MR) is 156 cm³/mol. The van der Waals surface area contributed by atoms with E-state index in [1.54, 1.807) is 24.3 Å². The molecule has 2 atom stereocenters. The van der Waals surface area contributed by atoms with Crippen molar-refractivity contribution in [1.82, 2.24) is 10.2 Å². The van der Waals surface area contributed by atoms with Gasteiger partial charge in [-0.1, -0.05) is 73.5 Å². The summed E-state index contributed by atoms with van der Waals surface area (Å²) in [5.41, 5.74) is 2.14. The summed E-state index contributed by atoms with van der Waals surface area (Å²) in [6, 6.07) is 21.3. The molecule has 0 unspecified atom stereocenters. The number of hydrogen-bond acceptors (Lipinski definition) is 4. The van der Waals surface area contributed by atoms with Gasteiger partial charge in [0.15, 0.2) is 0 Å². The molecule has 0 fully saturated rings. The lowest BCUT2D eigenvalue weighted by Gasteiger charge is -2.33. The molecule has 0 aliphatic rings. The summed E-state index contributed by atoms with van der Waals surface area (Å²) in [5.74, 6) is -0.748. The molecule has 0 saturated heterocycles. The highest BCUT2D eigenvalue weighted by atomic mass is 35.5. The first kappa shape index (κ1) is 30.2.